The molecular weight excluding hydrogens is 414 g/mol. The number of primary amides is 1. The zero-order valence-corrected chi connectivity index (χ0v) is 18.6. The van der Waals surface area contributed by atoms with Crippen molar-refractivity contribution in [1.82, 2.24) is 14.4 Å². The number of aromatic nitrogens is 3. The molecule has 0 saturated heterocycles. The normalized spacial score (nSPS) is 14.1. The molecule has 7 heteroatoms. The molecule has 0 atom stereocenters. The lowest BCUT2D eigenvalue weighted by Gasteiger charge is -2.12. The van der Waals surface area contributed by atoms with Gasteiger partial charge in [0.2, 0.25) is 0 Å². The number of nitrogens with zero attached hydrogens (tertiary/aromatic N) is 3. The number of benzene rings is 2. The summed E-state index contributed by atoms with van der Waals surface area (Å²) in [4.78, 5) is 21.1. The van der Waals surface area contributed by atoms with Crippen molar-refractivity contribution in [3.63, 3.8) is 0 Å². The van der Waals surface area contributed by atoms with E-state index in [0.29, 0.717) is 29.5 Å². The van der Waals surface area contributed by atoms with Gasteiger partial charge >= 0.3 is 0 Å². The lowest BCUT2D eigenvalue weighted by molar-refractivity contribution is 0.0997. The second-order valence-electron chi connectivity index (χ2n) is 8.57. The number of imidazole rings is 1. The Morgan fingerprint density at radius 3 is 2.61 bits per heavy atom. The summed E-state index contributed by atoms with van der Waals surface area (Å²) in [5, 5.41) is 0. The molecule has 1 amide bonds. The first kappa shape index (κ1) is 21.0. The van der Waals surface area contributed by atoms with E-state index in [4.69, 9.17) is 21.2 Å². The molecule has 4 N–H and O–H groups in total. The predicted octanol–water partition coefficient (Wildman–Crippen LogP) is 4.33. The highest BCUT2D eigenvalue weighted by molar-refractivity contribution is 5.96. The van der Waals surface area contributed by atoms with Gasteiger partial charge < -0.3 is 16.2 Å². The van der Waals surface area contributed by atoms with E-state index >= 15 is 0 Å². The fourth-order valence-electron chi connectivity index (χ4n) is 4.92. The molecule has 2 aromatic carbocycles. The van der Waals surface area contributed by atoms with E-state index in [1.54, 1.807) is 19.4 Å². The molecule has 0 bridgehead atoms. The maximum Gasteiger partial charge on any atom is 0.252 e. The molecule has 1 saturated carbocycles. The zero-order chi connectivity index (χ0) is 22.9. The summed E-state index contributed by atoms with van der Waals surface area (Å²) in [6, 6.07) is 13.7. The highest BCUT2D eigenvalue weighted by atomic mass is 16.5. The molecule has 1 aliphatic carbocycles. The number of para-hydroxylation sites is 1. The smallest absolute Gasteiger partial charge is 0.252 e. The van der Waals surface area contributed by atoms with E-state index in [1.165, 1.54) is 12.8 Å². The van der Waals surface area contributed by atoms with Gasteiger partial charge in [-0.05, 0) is 30.0 Å². The van der Waals surface area contributed by atoms with Crippen molar-refractivity contribution in [2.75, 3.05) is 12.8 Å². The molecule has 0 unspecified atom stereocenters. The number of nitrogen functional groups attached to an aromatic ring is 1. The minimum Gasteiger partial charge on any atom is -0.496 e. The minimum absolute atomic E-state index is 0.388. The second-order valence-corrected chi connectivity index (χ2v) is 8.57. The number of ether oxygens (including phenoxy) is 1. The summed E-state index contributed by atoms with van der Waals surface area (Å²) in [7, 11) is 1.55. The molecule has 1 fully saturated rings. The fraction of sp³-hybridized carbons (Fsp3) is 0.269. The standard InChI is InChI=1S/C26H27N5O2/c1-33-23-19(7-4-8-20(23)25(28)32)15-16-9-11-17(12-10-16)21-22-24(27)29-13-14-31(22)26(30-21)18-5-2-3-6-18/h4,7-14,18H,2-3,5-6,15H2,1H3,(H2,27,29)(H2,28,32). The number of hydrogen-bond acceptors (Lipinski definition) is 5. The quantitative estimate of drug-likeness (QED) is 0.463. The lowest BCUT2D eigenvalue weighted by Crippen LogP contribution is -2.13. The molecular formula is C26H27N5O2. The maximum atomic E-state index is 11.7. The Hall–Kier alpha value is -3.87. The highest BCUT2D eigenvalue weighted by Crippen LogP contribution is 2.37. The van der Waals surface area contributed by atoms with Crippen molar-refractivity contribution in [3.8, 4) is 17.0 Å². The van der Waals surface area contributed by atoms with Gasteiger partial charge in [0.15, 0.2) is 0 Å². The van der Waals surface area contributed by atoms with Crippen molar-refractivity contribution >= 4 is 17.2 Å². The summed E-state index contributed by atoms with van der Waals surface area (Å²) in [5.41, 5.74) is 16.9. The Labute approximate surface area is 192 Å². The zero-order valence-electron chi connectivity index (χ0n) is 18.6. The average molecular weight is 442 g/mol. The fourth-order valence-corrected chi connectivity index (χ4v) is 4.92. The van der Waals surface area contributed by atoms with Crippen LogP contribution in [0.15, 0.2) is 54.9 Å². The monoisotopic (exact) mass is 441 g/mol. The first-order chi connectivity index (χ1) is 16.1. The number of rotatable bonds is 6. The van der Waals surface area contributed by atoms with E-state index in [-0.39, 0.29) is 0 Å². The molecule has 168 valence electrons. The van der Waals surface area contributed by atoms with Crippen molar-refractivity contribution in [3.05, 3.63) is 77.4 Å². The van der Waals surface area contributed by atoms with E-state index in [2.05, 4.69) is 33.7 Å². The Morgan fingerprint density at radius 1 is 1.15 bits per heavy atom. The first-order valence-corrected chi connectivity index (χ1v) is 11.2. The molecule has 0 radical (unpaired) electrons. The van der Waals surface area contributed by atoms with Crippen LogP contribution in [0.1, 0.15) is 58.9 Å². The van der Waals surface area contributed by atoms with Gasteiger partial charge in [-0.1, -0.05) is 49.2 Å². The summed E-state index contributed by atoms with van der Waals surface area (Å²) in [6.07, 6.45) is 9.11. The third-order valence-corrected chi connectivity index (χ3v) is 6.52. The van der Waals surface area contributed by atoms with Gasteiger partial charge in [0.25, 0.3) is 5.91 Å². The number of fused-ring (bicyclic) bond motifs is 1. The van der Waals surface area contributed by atoms with Crippen LogP contribution in [-0.2, 0) is 6.42 Å². The van der Waals surface area contributed by atoms with Gasteiger partial charge in [-0.2, -0.15) is 0 Å². The van der Waals surface area contributed by atoms with Crippen molar-refractivity contribution < 1.29 is 9.53 Å². The van der Waals surface area contributed by atoms with Crippen LogP contribution in [0.3, 0.4) is 0 Å². The molecule has 7 nitrogen and oxygen atoms in total. The Morgan fingerprint density at radius 2 is 1.91 bits per heavy atom. The third kappa shape index (κ3) is 3.80. The maximum absolute atomic E-state index is 11.7. The van der Waals surface area contributed by atoms with Gasteiger partial charge in [-0.3, -0.25) is 9.20 Å². The SMILES string of the molecule is COc1c(Cc2ccc(-c3nc(C4CCCC4)n4ccnc(N)c34)cc2)cccc1C(N)=O. The van der Waals surface area contributed by atoms with Gasteiger partial charge in [-0.15, -0.1) is 0 Å². The largest absolute Gasteiger partial charge is 0.496 e. The molecule has 2 aromatic heterocycles. The minimum atomic E-state index is -0.500. The number of methoxy groups -OCH3 is 1. The number of hydrogen-bond donors (Lipinski definition) is 2. The molecule has 4 aromatic rings. The third-order valence-electron chi connectivity index (χ3n) is 6.52. The number of amides is 1. The topological polar surface area (TPSA) is 109 Å². The van der Waals surface area contributed by atoms with Gasteiger partial charge in [0, 0.05) is 30.3 Å². The van der Waals surface area contributed by atoms with Crippen LogP contribution in [0, 0.1) is 0 Å². The van der Waals surface area contributed by atoms with Crippen LogP contribution < -0.4 is 16.2 Å². The number of carbonyl (C=O) groups excluding carboxylic acids is 1. The van der Waals surface area contributed by atoms with Crippen molar-refractivity contribution in [2.24, 2.45) is 5.73 Å². The average Bonchev–Trinajstić information content (AvgIpc) is 3.48. The molecule has 2 heterocycles. The van der Waals surface area contributed by atoms with Crippen LogP contribution in [0.5, 0.6) is 5.75 Å². The molecule has 33 heavy (non-hydrogen) atoms. The number of anilines is 1. The van der Waals surface area contributed by atoms with Crippen LogP contribution in [-0.4, -0.2) is 27.4 Å². The van der Waals surface area contributed by atoms with E-state index < -0.39 is 5.91 Å². The predicted molar refractivity (Wildman–Crippen MR) is 128 cm³/mol. The Kier molecular flexibility index (Phi) is 5.46. The Bertz CT molecular complexity index is 1320. The van der Waals surface area contributed by atoms with Crippen molar-refractivity contribution in [2.45, 2.75) is 38.0 Å². The van der Waals surface area contributed by atoms with Crippen molar-refractivity contribution in [1.29, 1.82) is 0 Å². The summed E-state index contributed by atoms with van der Waals surface area (Å²) < 4.78 is 7.59. The first-order valence-electron chi connectivity index (χ1n) is 11.2. The van der Waals surface area contributed by atoms with Crippen LogP contribution in [0.25, 0.3) is 16.8 Å². The molecule has 5 rings (SSSR count). The highest BCUT2D eigenvalue weighted by Gasteiger charge is 2.25. The van der Waals surface area contributed by atoms with Crippen LogP contribution in [0.4, 0.5) is 5.82 Å². The van der Waals surface area contributed by atoms with Gasteiger partial charge in [-0.25, -0.2) is 9.97 Å². The van der Waals surface area contributed by atoms with E-state index in [0.717, 1.165) is 46.6 Å². The number of nitrogens with two attached hydrogens (primary N) is 2. The second kappa shape index (κ2) is 8.58. The summed E-state index contributed by atoms with van der Waals surface area (Å²) in [6.45, 7) is 0. The lowest BCUT2D eigenvalue weighted by atomic mass is 9.99. The molecule has 1 aliphatic rings. The van der Waals surface area contributed by atoms with E-state index in [9.17, 15) is 4.79 Å². The molecule has 0 spiro atoms. The van der Waals surface area contributed by atoms with Gasteiger partial charge in [0.1, 0.15) is 28.6 Å². The van der Waals surface area contributed by atoms with Crippen LogP contribution >= 0.6 is 0 Å². The van der Waals surface area contributed by atoms with Gasteiger partial charge in [0.05, 0.1) is 12.7 Å². The summed E-state index contributed by atoms with van der Waals surface area (Å²) in [5.74, 6) is 2.04. The summed E-state index contributed by atoms with van der Waals surface area (Å²) >= 11 is 0. The molecule has 0 aliphatic heterocycles. The van der Waals surface area contributed by atoms with E-state index in [1.807, 2.05) is 18.3 Å². The van der Waals surface area contributed by atoms with Crippen LogP contribution in [0.2, 0.25) is 0 Å². The number of carbonyl (C=O) groups is 1. The Balaban J connectivity index is 1.50.